The zero-order valence-corrected chi connectivity index (χ0v) is 9.85. The first-order valence-corrected chi connectivity index (χ1v) is 5.29. The van der Waals surface area contributed by atoms with E-state index in [2.05, 4.69) is 5.32 Å². The molecular formula is C12H21NO. The van der Waals surface area contributed by atoms with Crippen LogP contribution in [0.3, 0.4) is 0 Å². The molecule has 1 rings (SSSR count). The first kappa shape index (κ1) is 12.9. The Hall–Kier alpha value is -1.05. The molecule has 0 saturated heterocycles. The van der Waals surface area contributed by atoms with Crippen molar-refractivity contribution in [3.63, 3.8) is 0 Å². The summed E-state index contributed by atoms with van der Waals surface area (Å²) in [5, 5.41) is 3.06. The fourth-order valence-electron chi connectivity index (χ4n) is 1.16. The zero-order chi connectivity index (χ0) is 11.1. The molecule has 0 radical (unpaired) electrons. The molecule has 1 N–H and O–H groups in total. The van der Waals surface area contributed by atoms with E-state index in [0.717, 1.165) is 0 Å². The highest BCUT2D eigenvalue weighted by Gasteiger charge is 2.15. The number of carbonyl (C=O) groups excluding carboxylic acids is 1. The van der Waals surface area contributed by atoms with Gasteiger partial charge in [0.15, 0.2) is 5.78 Å². The maximum atomic E-state index is 11.3. The average molecular weight is 195 g/mol. The summed E-state index contributed by atoms with van der Waals surface area (Å²) in [5.41, 5.74) is 2.40. The molecule has 0 saturated carbocycles. The molecule has 0 bridgehead atoms. The van der Waals surface area contributed by atoms with E-state index < -0.39 is 0 Å². The molecule has 0 fully saturated rings. The number of nitrogens with one attached hydrogen (secondary N) is 1. The van der Waals surface area contributed by atoms with Crippen LogP contribution in [-0.2, 0) is 4.79 Å². The maximum absolute atomic E-state index is 11.3. The van der Waals surface area contributed by atoms with Gasteiger partial charge in [-0.15, -0.1) is 0 Å². The van der Waals surface area contributed by atoms with Crippen LogP contribution in [-0.4, -0.2) is 11.8 Å². The van der Waals surface area contributed by atoms with Crippen LogP contribution in [0, 0.1) is 0 Å². The van der Waals surface area contributed by atoms with Crippen LogP contribution in [0.1, 0.15) is 41.0 Å². The van der Waals surface area contributed by atoms with E-state index in [1.54, 1.807) is 0 Å². The van der Waals surface area contributed by atoms with Crippen LogP contribution in [0.2, 0.25) is 0 Å². The molecule has 0 aromatic carbocycles. The van der Waals surface area contributed by atoms with Gasteiger partial charge in [-0.25, -0.2) is 0 Å². The Morgan fingerprint density at radius 2 is 1.93 bits per heavy atom. The van der Waals surface area contributed by atoms with Crippen molar-refractivity contribution < 1.29 is 4.79 Å². The summed E-state index contributed by atoms with van der Waals surface area (Å²) in [6.07, 6.45) is 4.49. The third-order valence-corrected chi connectivity index (χ3v) is 2.21. The van der Waals surface area contributed by atoms with E-state index in [1.165, 1.54) is 11.1 Å². The summed E-state index contributed by atoms with van der Waals surface area (Å²) < 4.78 is 0. The quantitative estimate of drug-likeness (QED) is 0.734. The van der Waals surface area contributed by atoms with Crippen molar-refractivity contribution in [2.45, 2.75) is 47.1 Å². The second-order valence-corrected chi connectivity index (χ2v) is 3.14. The van der Waals surface area contributed by atoms with Crippen LogP contribution in [0.25, 0.3) is 0 Å². The van der Waals surface area contributed by atoms with E-state index in [0.29, 0.717) is 6.42 Å². The zero-order valence-electron chi connectivity index (χ0n) is 9.85. The molecule has 14 heavy (non-hydrogen) atoms. The van der Waals surface area contributed by atoms with Crippen molar-refractivity contribution in [1.29, 1.82) is 0 Å². The number of dihydropyridines is 1. The van der Waals surface area contributed by atoms with Crippen LogP contribution in [0.5, 0.6) is 0 Å². The summed E-state index contributed by atoms with van der Waals surface area (Å²) in [5.74, 6) is 0.248. The number of hydrogen-bond acceptors (Lipinski definition) is 2. The average Bonchev–Trinajstić information content (AvgIpc) is 2.24. The highest BCUT2D eigenvalue weighted by atomic mass is 16.1. The summed E-state index contributed by atoms with van der Waals surface area (Å²) in [7, 11) is 0. The van der Waals surface area contributed by atoms with Crippen LogP contribution < -0.4 is 5.32 Å². The number of Topliss-reactive ketones (excluding diaryl/α,β-unsaturated/α-hetero) is 1. The minimum atomic E-state index is -0.0984. The Morgan fingerprint density at radius 3 is 2.36 bits per heavy atom. The molecule has 0 spiro atoms. The van der Waals surface area contributed by atoms with Crippen LogP contribution in [0.15, 0.2) is 23.4 Å². The largest absolute Gasteiger partial charge is 0.378 e. The maximum Gasteiger partial charge on any atom is 0.158 e. The normalized spacial score (nSPS) is 19.6. The molecule has 80 valence electrons. The SMILES string of the molecule is CC.CCC(=O)C1C=C(C)C(C)=CN1. The van der Waals surface area contributed by atoms with Crippen LogP contribution >= 0.6 is 0 Å². The van der Waals surface area contributed by atoms with Crippen molar-refractivity contribution in [3.8, 4) is 0 Å². The van der Waals surface area contributed by atoms with Gasteiger partial charge < -0.3 is 5.32 Å². The van der Waals surface area contributed by atoms with Gasteiger partial charge in [-0.1, -0.05) is 26.8 Å². The second kappa shape index (κ2) is 6.41. The Kier molecular flexibility index (Phi) is 5.93. The lowest BCUT2D eigenvalue weighted by atomic mass is 10.0. The van der Waals surface area contributed by atoms with E-state index >= 15 is 0 Å². The van der Waals surface area contributed by atoms with Gasteiger partial charge in [-0.3, -0.25) is 4.79 Å². The standard InChI is InChI=1S/C10H15NO.C2H6/c1-4-10(12)9-5-7(2)8(3)6-11-9;1-2/h5-6,9,11H,4H2,1-3H3;1-2H3. The molecule has 1 unspecified atom stereocenters. The minimum Gasteiger partial charge on any atom is -0.378 e. The van der Waals surface area contributed by atoms with Crippen molar-refractivity contribution >= 4 is 5.78 Å². The van der Waals surface area contributed by atoms with E-state index in [9.17, 15) is 4.79 Å². The lowest BCUT2D eigenvalue weighted by Crippen LogP contribution is -2.33. The summed E-state index contributed by atoms with van der Waals surface area (Å²) in [6, 6.07) is -0.0984. The number of hydrogen-bond donors (Lipinski definition) is 1. The number of ketones is 1. The lowest BCUT2D eigenvalue weighted by Gasteiger charge is -2.18. The molecule has 2 nitrogen and oxygen atoms in total. The van der Waals surface area contributed by atoms with Crippen molar-refractivity contribution in [3.05, 3.63) is 23.4 Å². The van der Waals surface area contributed by atoms with Gasteiger partial charge in [-0.05, 0) is 25.0 Å². The van der Waals surface area contributed by atoms with E-state index in [-0.39, 0.29) is 11.8 Å². The first-order valence-electron chi connectivity index (χ1n) is 5.29. The predicted octanol–water partition coefficient (Wildman–Crippen LogP) is 2.81. The monoisotopic (exact) mass is 195 g/mol. The summed E-state index contributed by atoms with van der Waals surface area (Å²) in [6.45, 7) is 9.95. The van der Waals surface area contributed by atoms with Gasteiger partial charge in [0.2, 0.25) is 0 Å². The number of rotatable bonds is 2. The Balaban J connectivity index is 0.000000791. The molecule has 0 aromatic rings. The van der Waals surface area contributed by atoms with Crippen molar-refractivity contribution in [1.82, 2.24) is 5.32 Å². The predicted molar refractivity (Wildman–Crippen MR) is 61.1 cm³/mol. The van der Waals surface area contributed by atoms with Gasteiger partial charge in [-0.2, -0.15) is 0 Å². The second-order valence-electron chi connectivity index (χ2n) is 3.14. The Morgan fingerprint density at radius 1 is 1.36 bits per heavy atom. The summed E-state index contributed by atoms with van der Waals surface area (Å²) >= 11 is 0. The molecule has 0 amide bonds. The van der Waals surface area contributed by atoms with Gasteiger partial charge in [0.25, 0.3) is 0 Å². The first-order chi connectivity index (χ1) is 6.65. The van der Waals surface area contributed by atoms with Gasteiger partial charge in [0.05, 0.1) is 0 Å². The Labute approximate surface area is 87.1 Å². The minimum absolute atomic E-state index is 0.0984. The summed E-state index contributed by atoms with van der Waals surface area (Å²) in [4.78, 5) is 11.3. The van der Waals surface area contributed by atoms with Crippen molar-refractivity contribution in [2.75, 3.05) is 0 Å². The fourth-order valence-corrected chi connectivity index (χ4v) is 1.16. The molecule has 1 aliphatic rings. The highest BCUT2D eigenvalue weighted by molar-refractivity contribution is 5.86. The highest BCUT2D eigenvalue weighted by Crippen LogP contribution is 2.13. The lowest BCUT2D eigenvalue weighted by molar-refractivity contribution is -0.119. The molecule has 1 aliphatic heterocycles. The van der Waals surface area contributed by atoms with E-state index in [1.807, 2.05) is 46.9 Å². The third-order valence-electron chi connectivity index (χ3n) is 2.21. The Bertz CT molecular complexity index is 251. The van der Waals surface area contributed by atoms with Gasteiger partial charge in [0, 0.05) is 12.6 Å². The topological polar surface area (TPSA) is 29.1 Å². The molecular weight excluding hydrogens is 174 g/mol. The molecule has 0 aliphatic carbocycles. The number of carbonyl (C=O) groups is 1. The molecule has 0 aromatic heterocycles. The molecule has 1 heterocycles. The van der Waals surface area contributed by atoms with Crippen LogP contribution in [0.4, 0.5) is 0 Å². The van der Waals surface area contributed by atoms with Gasteiger partial charge >= 0.3 is 0 Å². The number of allylic oxidation sites excluding steroid dienone is 2. The molecule has 2 heteroatoms. The fraction of sp³-hybridized carbons (Fsp3) is 0.583. The van der Waals surface area contributed by atoms with Crippen molar-refractivity contribution in [2.24, 2.45) is 0 Å². The smallest absolute Gasteiger partial charge is 0.158 e. The van der Waals surface area contributed by atoms with Gasteiger partial charge in [0.1, 0.15) is 6.04 Å². The molecule has 1 atom stereocenters. The third kappa shape index (κ3) is 3.36. The van der Waals surface area contributed by atoms with E-state index in [4.69, 9.17) is 0 Å².